The molecule has 1 aromatic carbocycles. The van der Waals surface area contributed by atoms with Crippen LogP contribution in [0.15, 0.2) is 24.3 Å². The number of hydrogen-bond acceptors (Lipinski definition) is 3. The van der Waals surface area contributed by atoms with Gasteiger partial charge in [-0.05, 0) is 19.1 Å². The van der Waals surface area contributed by atoms with E-state index >= 15 is 0 Å². The molecule has 1 aromatic heterocycles. The lowest BCUT2D eigenvalue weighted by atomic mass is 10.3. The van der Waals surface area contributed by atoms with E-state index in [1.54, 1.807) is 7.11 Å². The Morgan fingerprint density at radius 1 is 1.47 bits per heavy atom. The summed E-state index contributed by atoms with van der Waals surface area (Å²) in [5, 5.41) is 0. The van der Waals surface area contributed by atoms with Gasteiger partial charge in [0.15, 0.2) is 0 Å². The van der Waals surface area contributed by atoms with Gasteiger partial charge < -0.3 is 15.0 Å². The lowest BCUT2D eigenvalue weighted by molar-refractivity contribution is 0.164. The molecule has 2 rings (SSSR count). The van der Waals surface area contributed by atoms with E-state index in [0.29, 0.717) is 12.6 Å². The largest absolute Gasteiger partial charge is 0.383 e. The molecule has 0 amide bonds. The molecular formula is C11H15N3O. The number of nitrogens with zero attached hydrogens (tertiary/aromatic N) is 2. The predicted molar refractivity (Wildman–Crippen MR) is 60.7 cm³/mol. The lowest BCUT2D eigenvalue weighted by Crippen LogP contribution is -2.13. The van der Waals surface area contributed by atoms with E-state index in [1.165, 1.54) is 0 Å². The van der Waals surface area contributed by atoms with Gasteiger partial charge in [0.1, 0.15) is 0 Å². The molecule has 4 nitrogen and oxygen atoms in total. The normalized spacial score (nSPS) is 13.2. The maximum atomic E-state index is 5.88. The molecule has 1 atom stereocenters. The molecule has 0 saturated heterocycles. The fourth-order valence-electron chi connectivity index (χ4n) is 1.84. The summed E-state index contributed by atoms with van der Waals surface area (Å²) < 4.78 is 7.13. The molecule has 0 bridgehead atoms. The van der Waals surface area contributed by atoms with Gasteiger partial charge in [-0.2, -0.15) is 0 Å². The first-order chi connectivity index (χ1) is 7.24. The minimum atomic E-state index is 0.197. The van der Waals surface area contributed by atoms with Crippen LogP contribution < -0.4 is 5.73 Å². The summed E-state index contributed by atoms with van der Waals surface area (Å²) in [7, 11) is 1.69. The summed E-state index contributed by atoms with van der Waals surface area (Å²) in [6.45, 7) is 2.69. The highest BCUT2D eigenvalue weighted by Crippen LogP contribution is 2.22. The highest BCUT2D eigenvalue weighted by Gasteiger charge is 2.12. The SMILES string of the molecule is COCC(C)n1c(N)nc2ccccc21. The second kappa shape index (κ2) is 3.90. The van der Waals surface area contributed by atoms with Crippen molar-refractivity contribution in [2.24, 2.45) is 0 Å². The van der Waals surface area contributed by atoms with Crippen LogP contribution in [-0.4, -0.2) is 23.3 Å². The van der Waals surface area contributed by atoms with Crippen LogP contribution >= 0.6 is 0 Å². The van der Waals surface area contributed by atoms with E-state index in [4.69, 9.17) is 10.5 Å². The molecule has 0 saturated carbocycles. The zero-order valence-corrected chi connectivity index (χ0v) is 8.97. The van der Waals surface area contributed by atoms with E-state index in [-0.39, 0.29) is 6.04 Å². The monoisotopic (exact) mass is 205 g/mol. The van der Waals surface area contributed by atoms with Gasteiger partial charge >= 0.3 is 0 Å². The molecule has 4 heteroatoms. The fraction of sp³-hybridized carbons (Fsp3) is 0.364. The number of ether oxygens (including phenoxy) is 1. The van der Waals surface area contributed by atoms with Gasteiger partial charge in [-0.1, -0.05) is 12.1 Å². The second-order valence-electron chi connectivity index (χ2n) is 3.63. The molecule has 0 aliphatic rings. The Hall–Kier alpha value is -1.55. The zero-order valence-electron chi connectivity index (χ0n) is 8.97. The molecular weight excluding hydrogens is 190 g/mol. The first kappa shape index (κ1) is 9.98. The smallest absolute Gasteiger partial charge is 0.201 e. The second-order valence-corrected chi connectivity index (χ2v) is 3.63. The Kier molecular flexibility index (Phi) is 2.60. The van der Waals surface area contributed by atoms with Gasteiger partial charge in [0.2, 0.25) is 5.95 Å². The van der Waals surface area contributed by atoms with Crippen molar-refractivity contribution in [1.82, 2.24) is 9.55 Å². The third-order valence-corrected chi connectivity index (χ3v) is 2.47. The van der Waals surface area contributed by atoms with Gasteiger partial charge in [0.25, 0.3) is 0 Å². The van der Waals surface area contributed by atoms with Crippen LogP contribution in [0.5, 0.6) is 0 Å². The Morgan fingerprint density at radius 2 is 2.20 bits per heavy atom. The third kappa shape index (κ3) is 1.68. The molecule has 0 spiro atoms. The topological polar surface area (TPSA) is 53.1 Å². The van der Waals surface area contributed by atoms with Crippen LogP contribution in [0.3, 0.4) is 0 Å². The number of fused-ring (bicyclic) bond motifs is 1. The van der Waals surface area contributed by atoms with Gasteiger partial charge in [-0.3, -0.25) is 0 Å². The standard InChI is InChI=1S/C11H15N3O/c1-8(7-15-2)14-10-6-4-3-5-9(10)13-11(14)12/h3-6,8H,7H2,1-2H3,(H2,12,13). The van der Waals surface area contributed by atoms with Crippen molar-refractivity contribution in [3.63, 3.8) is 0 Å². The van der Waals surface area contributed by atoms with E-state index in [1.807, 2.05) is 28.8 Å². The van der Waals surface area contributed by atoms with Crippen LogP contribution in [0, 0.1) is 0 Å². The van der Waals surface area contributed by atoms with Gasteiger partial charge in [-0.25, -0.2) is 4.98 Å². The van der Waals surface area contributed by atoms with Crippen LogP contribution in [0.1, 0.15) is 13.0 Å². The number of hydrogen-bond donors (Lipinski definition) is 1. The number of para-hydroxylation sites is 2. The minimum absolute atomic E-state index is 0.197. The molecule has 2 aromatic rings. The average molecular weight is 205 g/mol. The molecule has 0 aliphatic heterocycles. The summed E-state index contributed by atoms with van der Waals surface area (Å²) in [6.07, 6.45) is 0. The van der Waals surface area contributed by atoms with Crippen molar-refractivity contribution in [3.8, 4) is 0 Å². The molecule has 0 radical (unpaired) electrons. The number of nitrogens with two attached hydrogens (primary N) is 1. The van der Waals surface area contributed by atoms with E-state index in [2.05, 4.69) is 11.9 Å². The fourth-order valence-corrected chi connectivity index (χ4v) is 1.84. The van der Waals surface area contributed by atoms with Crippen molar-refractivity contribution < 1.29 is 4.74 Å². The number of aromatic nitrogens is 2. The van der Waals surface area contributed by atoms with Crippen LogP contribution in [0.4, 0.5) is 5.95 Å². The summed E-state index contributed by atoms with van der Waals surface area (Å²) in [5.41, 5.74) is 7.86. The van der Waals surface area contributed by atoms with Crippen molar-refractivity contribution in [3.05, 3.63) is 24.3 Å². The predicted octanol–water partition coefficient (Wildman–Crippen LogP) is 1.83. The first-order valence-electron chi connectivity index (χ1n) is 4.95. The number of anilines is 1. The van der Waals surface area contributed by atoms with Crippen molar-refractivity contribution in [2.45, 2.75) is 13.0 Å². The van der Waals surface area contributed by atoms with Gasteiger partial charge in [-0.15, -0.1) is 0 Å². The maximum Gasteiger partial charge on any atom is 0.201 e. The van der Waals surface area contributed by atoms with E-state index in [0.717, 1.165) is 11.0 Å². The Bertz CT molecular complexity index is 464. The first-order valence-corrected chi connectivity index (χ1v) is 4.95. The summed E-state index contributed by atoms with van der Waals surface area (Å²) in [4.78, 5) is 4.30. The minimum Gasteiger partial charge on any atom is -0.383 e. The van der Waals surface area contributed by atoms with Gasteiger partial charge in [0, 0.05) is 7.11 Å². The van der Waals surface area contributed by atoms with Gasteiger partial charge in [0.05, 0.1) is 23.7 Å². The lowest BCUT2D eigenvalue weighted by Gasteiger charge is -2.14. The number of benzene rings is 1. The molecule has 1 unspecified atom stereocenters. The van der Waals surface area contributed by atoms with Crippen molar-refractivity contribution >= 4 is 17.0 Å². The summed E-state index contributed by atoms with van der Waals surface area (Å²) in [5.74, 6) is 0.542. The van der Waals surface area contributed by atoms with E-state index in [9.17, 15) is 0 Å². The molecule has 1 heterocycles. The zero-order chi connectivity index (χ0) is 10.8. The quantitative estimate of drug-likeness (QED) is 0.831. The van der Waals surface area contributed by atoms with Crippen molar-refractivity contribution in [1.29, 1.82) is 0 Å². The van der Waals surface area contributed by atoms with E-state index < -0.39 is 0 Å². The summed E-state index contributed by atoms with van der Waals surface area (Å²) >= 11 is 0. The Labute approximate surface area is 88.7 Å². The van der Waals surface area contributed by atoms with Crippen molar-refractivity contribution in [2.75, 3.05) is 19.5 Å². The highest BCUT2D eigenvalue weighted by molar-refractivity contribution is 5.78. The van der Waals surface area contributed by atoms with Crippen LogP contribution in [0.25, 0.3) is 11.0 Å². The van der Waals surface area contributed by atoms with Crippen LogP contribution in [-0.2, 0) is 4.74 Å². The molecule has 15 heavy (non-hydrogen) atoms. The number of methoxy groups -OCH3 is 1. The molecule has 2 N–H and O–H groups in total. The third-order valence-electron chi connectivity index (χ3n) is 2.47. The highest BCUT2D eigenvalue weighted by atomic mass is 16.5. The maximum absolute atomic E-state index is 5.88. The number of imidazole rings is 1. The molecule has 0 fully saturated rings. The Morgan fingerprint density at radius 3 is 2.93 bits per heavy atom. The number of rotatable bonds is 3. The summed E-state index contributed by atoms with van der Waals surface area (Å²) in [6, 6.07) is 8.12. The van der Waals surface area contributed by atoms with Crippen LogP contribution in [0.2, 0.25) is 0 Å². The Balaban J connectivity index is 2.53. The molecule has 80 valence electrons. The average Bonchev–Trinajstić information content (AvgIpc) is 2.54. The molecule has 0 aliphatic carbocycles. The number of nitrogen functional groups attached to an aromatic ring is 1.